The molecule has 8 N–H and O–H groups in total. The van der Waals surface area contributed by atoms with Gasteiger partial charge >= 0.3 is 0 Å². The number of aldehydes is 1. The number of carbonyl (C=O) groups is 3. The predicted molar refractivity (Wildman–Crippen MR) is 112 cm³/mol. The van der Waals surface area contributed by atoms with Gasteiger partial charge < -0.3 is 32.6 Å². The van der Waals surface area contributed by atoms with Gasteiger partial charge in [-0.25, -0.2) is 0 Å². The van der Waals surface area contributed by atoms with E-state index in [2.05, 4.69) is 28.3 Å². The van der Waals surface area contributed by atoms with E-state index < -0.39 is 29.9 Å². The zero-order valence-corrected chi connectivity index (χ0v) is 16.5. The van der Waals surface area contributed by atoms with Gasteiger partial charge in [0, 0.05) is 12.3 Å². The van der Waals surface area contributed by atoms with Crippen molar-refractivity contribution in [3.8, 4) is 0 Å². The molecule has 0 aliphatic heterocycles. The zero-order valence-electron chi connectivity index (χ0n) is 15.6. The summed E-state index contributed by atoms with van der Waals surface area (Å²) >= 11 is 4.01. The van der Waals surface area contributed by atoms with Crippen molar-refractivity contribution in [1.82, 2.24) is 10.6 Å². The Kier molecular flexibility index (Phi) is 10.7. The molecule has 0 fully saturated rings. The molecule has 0 spiro atoms. The summed E-state index contributed by atoms with van der Waals surface area (Å²) in [5, 5.41) is 5.19. The van der Waals surface area contributed by atoms with Crippen LogP contribution in [0.15, 0.2) is 35.3 Å². The standard InChI is InChI=1S/C18H28N6O3S/c19-14(9-12-5-2-1-3-6-12)16(26)24-15(7-4-8-22-18(20)21)17(27)23-13(10-25)11-28/h1-3,5-6,10,13-15,28H,4,7-9,11,19H2,(H,23,27)(H,24,26)(H4,20,21,22). The van der Waals surface area contributed by atoms with Crippen molar-refractivity contribution < 1.29 is 14.4 Å². The minimum atomic E-state index is -0.870. The predicted octanol–water partition coefficient (Wildman–Crippen LogP) is -1.29. The highest BCUT2D eigenvalue weighted by Gasteiger charge is 2.25. The van der Waals surface area contributed by atoms with Gasteiger partial charge in [0.05, 0.1) is 12.1 Å². The molecule has 28 heavy (non-hydrogen) atoms. The third-order valence-electron chi connectivity index (χ3n) is 3.90. The van der Waals surface area contributed by atoms with Crippen LogP contribution in [-0.2, 0) is 20.8 Å². The topological polar surface area (TPSA) is 166 Å². The summed E-state index contributed by atoms with van der Waals surface area (Å²) in [6, 6.07) is 6.89. The minimum absolute atomic E-state index is 0.0500. The highest BCUT2D eigenvalue weighted by Crippen LogP contribution is 2.04. The molecular weight excluding hydrogens is 380 g/mol. The van der Waals surface area contributed by atoms with Crippen LogP contribution < -0.4 is 27.8 Å². The number of benzene rings is 1. The number of hydrogen-bond acceptors (Lipinski definition) is 6. The molecule has 10 heteroatoms. The number of aliphatic imine (C=N–C) groups is 1. The number of thiol groups is 1. The molecule has 0 saturated heterocycles. The van der Waals surface area contributed by atoms with Gasteiger partial charge in [-0.2, -0.15) is 12.6 Å². The van der Waals surface area contributed by atoms with E-state index in [-0.39, 0.29) is 18.1 Å². The molecule has 0 aliphatic rings. The van der Waals surface area contributed by atoms with Gasteiger partial charge in [-0.1, -0.05) is 30.3 Å². The Morgan fingerprint density at radius 1 is 1.14 bits per heavy atom. The number of amides is 2. The lowest BCUT2D eigenvalue weighted by molar-refractivity contribution is -0.130. The Balaban J connectivity index is 2.72. The maximum atomic E-state index is 12.5. The second kappa shape index (κ2) is 12.7. The lowest BCUT2D eigenvalue weighted by atomic mass is 10.0. The Labute approximate surface area is 169 Å². The quantitative estimate of drug-likeness (QED) is 0.0827. The van der Waals surface area contributed by atoms with Crippen LogP contribution in [0.25, 0.3) is 0 Å². The largest absolute Gasteiger partial charge is 0.370 e. The Bertz CT molecular complexity index is 667. The van der Waals surface area contributed by atoms with Gasteiger partial charge in [0.1, 0.15) is 12.3 Å². The normalized spacial score (nSPS) is 13.6. The number of nitrogens with zero attached hydrogens (tertiary/aromatic N) is 1. The van der Waals surface area contributed by atoms with Crippen molar-refractivity contribution >= 4 is 36.7 Å². The monoisotopic (exact) mass is 408 g/mol. The molecule has 1 rings (SSSR count). The van der Waals surface area contributed by atoms with Gasteiger partial charge in [0.25, 0.3) is 0 Å². The van der Waals surface area contributed by atoms with Crippen LogP contribution in [0.4, 0.5) is 0 Å². The molecule has 0 aromatic heterocycles. The van der Waals surface area contributed by atoms with Crippen molar-refractivity contribution in [3.05, 3.63) is 35.9 Å². The third-order valence-corrected chi connectivity index (χ3v) is 4.30. The fourth-order valence-corrected chi connectivity index (χ4v) is 2.60. The second-order valence-corrected chi connectivity index (χ2v) is 6.61. The molecule has 0 heterocycles. The maximum absolute atomic E-state index is 12.5. The average molecular weight is 409 g/mol. The Hall–Kier alpha value is -2.59. The number of guanidine groups is 1. The first kappa shape index (κ1) is 23.4. The van der Waals surface area contributed by atoms with E-state index >= 15 is 0 Å². The number of nitrogens with two attached hydrogens (primary N) is 3. The van der Waals surface area contributed by atoms with Crippen LogP contribution in [0, 0.1) is 0 Å². The summed E-state index contributed by atoms with van der Waals surface area (Å²) in [6.45, 7) is 0.307. The lowest BCUT2D eigenvalue weighted by Crippen LogP contribution is -2.54. The summed E-state index contributed by atoms with van der Waals surface area (Å²) in [6.07, 6.45) is 1.66. The van der Waals surface area contributed by atoms with E-state index in [1.54, 1.807) is 0 Å². The lowest BCUT2D eigenvalue weighted by Gasteiger charge is -2.22. The van der Waals surface area contributed by atoms with Gasteiger partial charge in [-0.05, 0) is 24.8 Å². The van der Waals surface area contributed by atoms with Crippen LogP contribution >= 0.6 is 12.6 Å². The van der Waals surface area contributed by atoms with Gasteiger partial charge in [-0.3, -0.25) is 14.6 Å². The van der Waals surface area contributed by atoms with E-state index in [1.807, 2.05) is 30.3 Å². The highest BCUT2D eigenvalue weighted by atomic mass is 32.1. The molecule has 1 aromatic rings. The first-order chi connectivity index (χ1) is 13.4. The number of nitrogens with one attached hydrogen (secondary N) is 2. The fraction of sp³-hybridized carbons (Fsp3) is 0.444. The van der Waals surface area contributed by atoms with Crippen molar-refractivity contribution in [2.75, 3.05) is 12.3 Å². The summed E-state index contributed by atoms with van der Waals surface area (Å²) in [4.78, 5) is 39.7. The van der Waals surface area contributed by atoms with Gasteiger partial charge in [-0.15, -0.1) is 0 Å². The molecule has 2 amide bonds. The maximum Gasteiger partial charge on any atom is 0.243 e. The van der Waals surface area contributed by atoms with E-state index in [0.717, 1.165) is 5.56 Å². The molecule has 3 unspecified atom stereocenters. The molecule has 0 radical (unpaired) electrons. The van der Waals surface area contributed by atoms with E-state index in [1.165, 1.54) is 0 Å². The molecule has 1 aromatic carbocycles. The third kappa shape index (κ3) is 8.87. The van der Waals surface area contributed by atoms with E-state index in [4.69, 9.17) is 17.2 Å². The van der Waals surface area contributed by atoms with Crippen LogP contribution in [0.2, 0.25) is 0 Å². The summed E-state index contributed by atoms with van der Waals surface area (Å²) in [7, 11) is 0. The number of hydrogen-bond donors (Lipinski definition) is 6. The molecule has 154 valence electrons. The summed E-state index contributed by atoms with van der Waals surface area (Å²) in [5.41, 5.74) is 17.5. The fourth-order valence-electron chi connectivity index (χ4n) is 2.42. The minimum Gasteiger partial charge on any atom is -0.370 e. The summed E-state index contributed by atoms with van der Waals surface area (Å²) in [5.74, 6) is -0.848. The molecule has 9 nitrogen and oxygen atoms in total. The van der Waals surface area contributed by atoms with E-state index in [9.17, 15) is 14.4 Å². The van der Waals surface area contributed by atoms with Crippen molar-refractivity contribution in [2.45, 2.75) is 37.4 Å². The second-order valence-electron chi connectivity index (χ2n) is 6.24. The summed E-state index contributed by atoms with van der Waals surface area (Å²) < 4.78 is 0. The molecule has 0 saturated carbocycles. The van der Waals surface area contributed by atoms with Crippen LogP contribution in [-0.4, -0.2) is 54.5 Å². The van der Waals surface area contributed by atoms with Crippen LogP contribution in [0.1, 0.15) is 18.4 Å². The first-order valence-corrected chi connectivity index (χ1v) is 9.52. The van der Waals surface area contributed by atoms with Crippen molar-refractivity contribution in [2.24, 2.45) is 22.2 Å². The average Bonchev–Trinajstić information content (AvgIpc) is 2.68. The van der Waals surface area contributed by atoms with Crippen LogP contribution in [0.3, 0.4) is 0 Å². The SMILES string of the molecule is NC(N)=NCCCC(NC(=O)C(N)Cc1ccccc1)C(=O)NC(C=O)CS. The highest BCUT2D eigenvalue weighted by molar-refractivity contribution is 7.80. The van der Waals surface area contributed by atoms with Gasteiger partial charge in [0.15, 0.2) is 5.96 Å². The zero-order chi connectivity index (χ0) is 20.9. The smallest absolute Gasteiger partial charge is 0.243 e. The molecule has 3 atom stereocenters. The number of carbonyl (C=O) groups excluding carboxylic acids is 3. The molecular formula is C18H28N6O3S. The Morgan fingerprint density at radius 3 is 2.39 bits per heavy atom. The first-order valence-electron chi connectivity index (χ1n) is 8.89. The Morgan fingerprint density at radius 2 is 1.82 bits per heavy atom. The molecule has 0 bridgehead atoms. The van der Waals surface area contributed by atoms with Crippen molar-refractivity contribution in [1.29, 1.82) is 0 Å². The van der Waals surface area contributed by atoms with Gasteiger partial charge in [0.2, 0.25) is 11.8 Å². The van der Waals surface area contributed by atoms with Crippen molar-refractivity contribution in [3.63, 3.8) is 0 Å². The molecule has 0 aliphatic carbocycles. The van der Waals surface area contributed by atoms with Crippen LogP contribution in [0.5, 0.6) is 0 Å². The van der Waals surface area contributed by atoms with E-state index in [0.29, 0.717) is 25.7 Å². The number of rotatable bonds is 12.